The summed E-state index contributed by atoms with van der Waals surface area (Å²) in [5.74, 6) is -0.950. The van der Waals surface area contributed by atoms with Crippen molar-refractivity contribution < 1.29 is 18.0 Å². The number of halogens is 3. The van der Waals surface area contributed by atoms with Crippen molar-refractivity contribution >= 4 is 62.3 Å². The Kier molecular flexibility index (Phi) is 10.4. The molecule has 2 amide bonds. The Morgan fingerprint density at radius 3 is 2.16 bits per heavy atom. The van der Waals surface area contributed by atoms with Gasteiger partial charge in [0.1, 0.15) is 12.6 Å². The van der Waals surface area contributed by atoms with E-state index in [-0.39, 0.29) is 17.3 Å². The first-order chi connectivity index (χ1) is 18.0. The summed E-state index contributed by atoms with van der Waals surface area (Å²) in [5.41, 5.74) is 0.856. The van der Waals surface area contributed by atoms with E-state index in [0.717, 1.165) is 10.7 Å². The monoisotopic (exact) mass is 595 g/mol. The number of sulfonamides is 1. The molecule has 3 aromatic rings. The minimum atomic E-state index is -4.16. The summed E-state index contributed by atoms with van der Waals surface area (Å²) in [6, 6.07) is 17.9. The first kappa shape index (κ1) is 29.8. The van der Waals surface area contributed by atoms with Crippen molar-refractivity contribution in [1.29, 1.82) is 0 Å². The summed E-state index contributed by atoms with van der Waals surface area (Å²) in [4.78, 5) is 28.0. The van der Waals surface area contributed by atoms with Gasteiger partial charge in [-0.05, 0) is 67.4 Å². The third kappa shape index (κ3) is 7.41. The summed E-state index contributed by atoms with van der Waals surface area (Å²) in [6.07, 6.45) is 0.719. The van der Waals surface area contributed by atoms with Crippen molar-refractivity contribution in [3.8, 4) is 0 Å². The topological polar surface area (TPSA) is 86.8 Å². The van der Waals surface area contributed by atoms with Crippen LogP contribution in [0.2, 0.25) is 15.1 Å². The van der Waals surface area contributed by atoms with Gasteiger partial charge in [-0.25, -0.2) is 8.42 Å². The minimum absolute atomic E-state index is 0.0282. The quantitative estimate of drug-likeness (QED) is 0.304. The van der Waals surface area contributed by atoms with E-state index in [4.69, 9.17) is 34.8 Å². The van der Waals surface area contributed by atoms with E-state index < -0.39 is 28.5 Å². The molecule has 0 fully saturated rings. The fraction of sp³-hybridized carbons (Fsp3) is 0.259. The number of rotatable bonds is 11. The van der Waals surface area contributed by atoms with Gasteiger partial charge in [-0.15, -0.1) is 0 Å². The Hall–Kier alpha value is -2.78. The maximum atomic E-state index is 13.8. The molecule has 0 unspecified atom stereocenters. The molecule has 0 aromatic heterocycles. The Morgan fingerprint density at radius 1 is 0.921 bits per heavy atom. The molecule has 11 heteroatoms. The molecule has 3 rings (SSSR count). The summed E-state index contributed by atoms with van der Waals surface area (Å²) in [5, 5.41) is 3.92. The SMILES string of the molecule is CCCNC(=O)[C@H](C)N(Cc1ccc(Cl)cc1Cl)C(=O)CN(c1ccccc1)S(=O)(=O)c1ccc(Cl)cc1. The van der Waals surface area contributed by atoms with Crippen LogP contribution in [0, 0.1) is 0 Å². The maximum absolute atomic E-state index is 13.8. The lowest BCUT2D eigenvalue weighted by Gasteiger charge is -2.32. The average Bonchev–Trinajstić information content (AvgIpc) is 2.90. The number of anilines is 1. The van der Waals surface area contributed by atoms with Crippen LogP contribution in [0.5, 0.6) is 0 Å². The molecule has 1 N–H and O–H groups in total. The third-order valence-electron chi connectivity index (χ3n) is 5.80. The zero-order chi connectivity index (χ0) is 27.9. The lowest BCUT2D eigenvalue weighted by Crippen LogP contribution is -2.51. The number of nitrogens with one attached hydrogen (secondary N) is 1. The molecule has 0 heterocycles. The molecule has 0 spiro atoms. The van der Waals surface area contributed by atoms with Gasteiger partial charge >= 0.3 is 0 Å². The third-order valence-corrected chi connectivity index (χ3v) is 8.42. The summed E-state index contributed by atoms with van der Waals surface area (Å²) >= 11 is 18.4. The molecule has 3 aromatic carbocycles. The van der Waals surface area contributed by atoms with Gasteiger partial charge in [0.2, 0.25) is 11.8 Å². The molecule has 0 bridgehead atoms. The standard InChI is InChI=1S/C27H28Cl3N3O4S/c1-3-15-31-27(35)19(2)32(17-20-9-10-22(29)16-25(20)30)26(34)18-33(23-7-5-4-6-8-23)38(36,37)24-13-11-21(28)12-14-24/h4-14,16,19H,3,15,17-18H2,1-2H3,(H,31,35)/t19-/m0/s1. The largest absolute Gasteiger partial charge is 0.354 e. The van der Waals surface area contributed by atoms with Crippen molar-refractivity contribution in [1.82, 2.24) is 10.2 Å². The van der Waals surface area contributed by atoms with Crippen molar-refractivity contribution in [2.24, 2.45) is 0 Å². The van der Waals surface area contributed by atoms with E-state index in [0.29, 0.717) is 32.9 Å². The maximum Gasteiger partial charge on any atom is 0.264 e. The molecule has 0 aliphatic heterocycles. The van der Waals surface area contributed by atoms with Crippen molar-refractivity contribution in [3.05, 3.63) is 93.4 Å². The lowest BCUT2D eigenvalue weighted by atomic mass is 10.1. The van der Waals surface area contributed by atoms with E-state index in [1.165, 1.54) is 29.2 Å². The molecular weight excluding hydrogens is 569 g/mol. The van der Waals surface area contributed by atoms with E-state index in [1.807, 2.05) is 6.92 Å². The number of nitrogens with zero attached hydrogens (tertiary/aromatic N) is 2. The highest BCUT2D eigenvalue weighted by Gasteiger charge is 2.32. The molecule has 0 aliphatic carbocycles. The molecule has 7 nitrogen and oxygen atoms in total. The Bertz CT molecular complexity index is 1370. The normalized spacial score (nSPS) is 12.0. The van der Waals surface area contributed by atoms with Crippen LogP contribution in [0.4, 0.5) is 5.69 Å². The summed E-state index contributed by atoms with van der Waals surface area (Å²) < 4.78 is 28.4. The van der Waals surface area contributed by atoms with Crippen LogP contribution in [-0.4, -0.2) is 44.3 Å². The number of carbonyl (C=O) groups is 2. The molecule has 0 radical (unpaired) electrons. The van der Waals surface area contributed by atoms with Gasteiger partial charge < -0.3 is 10.2 Å². The number of para-hydroxylation sites is 1. The van der Waals surface area contributed by atoms with Crippen LogP contribution in [0.3, 0.4) is 0 Å². The molecule has 202 valence electrons. The van der Waals surface area contributed by atoms with Gasteiger partial charge in [0.05, 0.1) is 10.6 Å². The molecule has 0 aliphatic rings. The van der Waals surface area contributed by atoms with Crippen LogP contribution in [0.15, 0.2) is 77.7 Å². The highest BCUT2D eigenvalue weighted by atomic mass is 35.5. The Balaban J connectivity index is 2.01. The van der Waals surface area contributed by atoms with Crippen LogP contribution < -0.4 is 9.62 Å². The van der Waals surface area contributed by atoms with Crippen LogP contribution in [-0.2, 0) is 26.2 Å². The smallest absolute Gasteiger partial charge is 0.264 e. The predicted octanol–water partition coefficient (Wildman–Crippen LogP) is 5.79. The van der Waals surface area contributed by atoms with Gasteiger partial charge in [-0.1, -0.05) is 66.0 Å². The molecular formula is C27H28Cl3N3O4S. The van der Waals surface area contributed by atoms with Crippen molar-refractivity contribution in [3.63, 3.8) is 0 Å². The number of hydrogen-bond donors (Lipinski definition) is 1. The molecule has 38 heavy (non-hydrogen) atoms. The van der Waals surface area contributed by atoms with Gasteiger partial charge in [-0.2, -0.15) is 0 Å². The average molecular weight is 597 g/mol. The van der Waals surface area contributed by atoms with Crippen LogP contribution in [0.25, 0.3) is 0 Å². The zero-order valence-electron chi connectivity index (χ0n) is 20.9. The Labute approximate surface area is 238 Å². The first-order valence-electron chi connectivity index (χ1n) is 11.9. The van der Waals surface area contributed by atoms with Gasteiger partial charge in [0.15, 0.2) is 0 Å². The van der Waals surface area contributed by atoms with Crippen LogP contribution in [0.1, 0.15) is 25.8 Å². The van der Waals surface area contributed by atoms with E-state index >= 15 is 0 Å². The fourth-order valence-electron chi connectivity index (χ4n) is 3.67. The second-order valence-corrected chi connectivity index (χ2v) is 11.7. The molecule has 0 saturated heterocycles. The molecule has 1 atom stereocenters. The Morgan fingerprint density at radius 2 is 1.55 bits per heavy atom. The minimum Gasteiger partial charge on any atom is -0.354 e. The number of carbonyl (C=O) groups excluding carboxylic acids is 2. The van der Waals surface area contributed by atoms with E-state index in [1.54, 1.807) is 55.5 Å². The number of benzene rings is 3. The van der Waals surface area contributed by atoms with Crippen molar-refractivity contribution in [2.45, 2.75) is 37.8 Å². The first-order valence-corrected chi connectivity index (χ1v) is 14.5. The zero-order valence-corrected chi connectivity index (χ0v) is 24.0. The van der Waals surface area contributed by atoms with E-state index in [9.17, 15) is 18.0 Å². The number of hydrogen-bond acceptors (Lipinski definition) is 4. The lowest BCUT2D eigenvalue weighted by molar-refractivity contribution is -0.139. The van der Waals surface area contributed by atoms with Crippen LogP contribution >= 0.6 is 34.8 Å². The highest BCUT2D eigenvalue weighted by molar-refractivity contribution is 7.92. The van der Waals surface area contributed by atoms with Gasteiger partial charge in [0.25, 0.3) is 10.0 Å². The predicted molar refractivity (Wildman–Crippen MR) is 152 cm³/mol. The van der Waals surface area contributed by atoms with Gasteiger partial charge in [-0.3, -0.25) is 13.9 Å². The number of amides is 2. The van der Waals surface area contributed by atoms with Crippen molar-refractivity contribution in [2.75, 3.05) is 17.4 Å². The molecule has 0 saturated carbocycles. The highest BCUT2D eigenvalue weighted by Crippen LogP contribution is 2.27. The van der Waals surface area contributed by atoms with Gasteiger partial charge in [0, 0.05) is 28.2 Å². The fourth-order valence-corrected chi connectivity index (χ4v) is 5.68. The van der Waals surface area contributed by atoms with E-state index in [2.05, 4.69) is 5.32 Å². The summed E-state index contributed by atoms with van der Waals surface area (Å²) in [7, 11) is -4.16. The summed E-state index contributed by atoms with van der Waals surface area (Å²) in [6.45, 7) is 3.37. The second-order valence-electron chi connectivity index (χ2n) is 8.53. The second kappa shape index (κ2) is 13.3.